The molecule has 13 heavy (non-hydrogen) atoms. The fraction of sp³-hybridized carbons (Fsp3) is 0.400. The van der Waals surface area contributed by atoms with Gasteiger partial charge < -0.3 is 9.84 Å². The van der Waals surface area contributed by atoms with Crippen molar-refractivity contribution in [1.82, 2.24) is 0 Å². The molecule has 1 aromatic rings. The number of hydrogen-bond acceptors (Lipinski definition) is 2. The summed E-state index contributed by atoms with van der Waals surface area (Å²) in [7, 11) is 0. The van der Waals surface area contributed by atoms with Gasteiger partial charge in [0.2, 0.25) is 0 Å². The van der Waals surface area contributed by atoms with E-state index in [-0.39, 0.29) is 12.7 Å². The Hall–Kier alpha value is -0.540. The quantitative estimate of drug-likeness (QED) is 0.887. The van der Waals surface area contributed by atoms with Gasteiger partial charge in [-0.2, -0.15) is 0 Å². The molecule has 3 heteroatoms. The summed E-state index contributed by atoms with van der Waals surface area (Å²) in [5, 5.41) is 8.92. The van der Waals surface area contributed by atoms with Gasteiger partial charge in [-0.25, -0.2) is 0 Å². The highest BCUT2D eigenvalue weighted by atomic mass is 79.9. The van der Waals surface area contributed by atoms with Crippen molar-refractivity contribution >= 4 is 15.9 Å². The van der Waals surface area contributed by atoms with Crippen LogP contribution >= 0.6 is 15.9 Å². The number of rotatable bonds is 3. The first kappa shape index (κ1) is 10.5. The molecule has 0 aromatic heterocycles. The van der Waals surface area contributed by atoms with E-state index in [1.54, 1.807) is 0 Å². The largest absolute Gasteiger partial charge is 0.491 e. The van der Waals surface area contributed by atoms with Gasteiger partial charge in [-0.1, -0.05) is 22.0 Å². The van der Waals surface area contributed by atoms with E-state index in [4.69, 9.17) is 9.84 Å². The summed E-state index contributed by atoms with van der Waals surface area (Å²) in [6.07, 6.45) is 0.173. The molecule has 0 amide bonds. The predicted molar refractivity (Wildman–Crippen MR) is 55.8 cm³/mol. The SMILES string of the molecule is CC(C)Oc1ccc(CO)c(Br)c1. The number of aliphatic hydroxyl groups is 1. The van der Waals surface area contributed by atoms with E-state index in [0.717, 1.165) is 15.8 Å². The van der Waals surface area contributed by atoms with Crippen LogP contribution in [0.4, 0.5) is 0 Å². The Morgan fingerprint density at radius 1 is 1.46 bits per heavy atom. The third-order valence-corrected chi connectivity index (χ3v) is 2.30. The van der Waals surface area contributed by atoms with E-state index in [0.29, 0.717) is 0 Å². The highest BCUT2D eigenvalue weighted by molar-refractivity contribution is 9.10. The molecule has 0 aliphatic heterocycles. The minimum absolute atomic E-state index is 0.0442. The number of benzene rings is 1. The highest BCUT2D eigenvalue weighted by Crippen LogP contribution is 2.23. The van der Waals surface area contributed by atoms with Crippen molar-refractivity contribution in [3.63, 3.8) is 0 Å². The van der Waals surface area contributed by atoms with Crippen molar-refractivity contribution < 1.29 is 9.84 Å². The lowest BCUT2D eigenvalue weighted by atomic mass is 10.2. The normalized spacial score (nSPS) is 10.5. The Morgan fingerprint density at radius 2 is 2.15 bits per heavy atom. The third-order valence-electron chi connectivity index (χ3n) is 1.57. The molecule has 0 atom stereocenters. The van der Waals surface area contributed by atoms with Crippen LogP contribution < -0.4 is 4.74 Å². The zero-order chi connectivity index (χ0) is 9.84. The van der Waals surface area contributed by atoms with Crippen LogP contribution in [0.25, 0.3) is 0 Å². The van der Waals surface area contributed by atoms with E-state index in [9.17, 15) is 0 Å². The van der Waals surface area contributed by atoms with E-state index in [1.165, 1.54) is 0 Å². The number of halogens is 1. The molecule has 1 aromatic carbocycles. The average Bonchev–Trinajstić information content (AvgIpc) is 2.03. The van der Waals surface area contributed by atoms with Crippen LogP contribution in [0.5, 0.6) is 5.75 Å². The van der Waals surface area contributed by atoms with Gasteiger partial charge in [0.25, 0.3) is 0 Å². The van der Waals surface area contributed by atoms with Crippen LogP contribution in [-0.2, 0) is 6.61 Å². The number of ether oxygens (including phenoxy) is 1. The standard InChI is InChI=1S/C10H13BrO2/c1-7(2)13-9-4-3-8(6-12)10(11)5-9/h3-5,7,12H,6H2,1-2H3. The van der Waals surface area contributed by atoms with Gasteiger partial charge in [0.05, 0.1) is 12.7 Å². The Kier molecular flexibility index (Phi) is 3.75. The second kappa shape index (κ2) is 4.63. The van der Waals surface area contributed by atoms with Crippen molar-refractivity contribution in [3.8, 4) is 5.75 Å². The molecular formula is C10H13BrO2. The molecule has 1 N–H and O–H groups in total. The lowest BCUT2D eigenvalue weighted by Crippen LogP contribution is -2.05. The van der Waals surface area contributed by atoms with E-state index in [1.807, 2.05) is 32.0 Å². The average molecular weight is 245 g/mol. The summed E-state index contributed by atoms with van der Waals surface area (Å²) in [6, 6.07) is 5.57. The molecule has 0 unspecified atom stereocenters. The summed E-state index contributed by atoms with van der Waals surface area (Å²) in [4.78, 5) is 0. The van der Waals surface area contributed by atoms with Gasteiger partial charge in [-0.3, -0.25) is 0 Å². The van der Waals surface area contributed by atoms with Gasteiger partial charge in [-0.15, -0.1) is 0 Å². The van der Waals surface area contributed by atoms with Crippen molar-refractivity contribution in [3.05, 3.63) is 28.2 Å². The zero-order valence-electron chi connectivity index (χ0n) is 7.75. The van der Waals surface area contributed by atoms with Crippen molar-refractivity contribution in [1.29, 1.82) is 0 Å². The minimum atomic E-state index is 0.0442. The Morgan fingerprint density at radius 3 is 2.62 bits per heavy atom. The monoisotopic (exact) mass is 244 g/mol. The molecule has 72 valence electrons. The molecular weight excluding hydrogens is 232 g/mol. The Balaban J connectivity index is 2.83. The van der Waals surface area contributed by atoms with Gasteiger partial charge in [0.1, 0.15) is 5.75 Å². The second-order valence-electron chi connectivity index (χ2n) is 3.08. The fourth-order valence-corrected chi connectivity index (χ4v) is 1.48. The lowest BCUT2D eigenvalue weighted by molar-refractivity contribution is 0.241. The molecule has 0 radical (unpaired) electrons. The molecule has 0 aliphatic carbocycles. The summed E-state index contributed by atoms with van der Waals surface area (Å²) >= 11 is 3.36. The maximum absolute atomic E-state index is 8.92. The van der Waals surface area contributed by atoms with Crippen molar-refractivity contribution in [2.24, 2.45) is 0 Å². The third kappa shape index (κ3) is 3.01. The molecule has 2 nitrogen and oxygen atoms in total. The minimum Gasteiger partial charge on any atom is -0.491 e. The van der Waals surface area contributed by atoms with Crippen LogP contribution in [-0.4, -0.2) is 11.2 Å². The summed E-state index contributed by atoms with van der Waals surface area (Å²) in [6.45, 7) is 4.00. The lowest BCUT2D eigenvalue weighted by Gasteiger charge is -2.10. The molecule has 0 fully saturated rings. The molecule has 0 saturated heterocycles. The number of aliphatic hydroxyl groups excluding tert-OH is 1. The molecule has 0 aliphatic rings. The molecule has 0 saturated carbocycles. The fourth-order valence-electron chi connectivity index (χ4n) is 1.00. The molecule has 0 spiro atoms. The van der Waals surface area contributed by atoms with E-state index >= 15 is 0 Å². The van der Waals surface area contributed by atoms with Crippen LogP contribution in [0.15, 0.2) is 22.7 Å². The first-order valence-corrected chi connectivity index (χ1v) is 4.98. The molecule has 0 bridgehead atoms. The van der Waals surface area contributed by atoms with Crippen LogP contribution in [0, 0.1) is 0 Å². The zero-order valence-corrected chi connectivity index (χ0v) is 9.34. The molecule has 1 rings (SSSR count). The second-order valence-corrected chi connectivity index (χ2v) is 3.93. The maximum atomic E-state index is 8.92. The topological polar surface area (TPSA) is 29.5 Å². The predicted octanol–water partition coefficient (Wildman–Crippen LogP) is 2.73. The van der Waals surface area contributed by atoms with Crippen molar-refractivity contribution in [2.45, 2.75) is 26.6 Å². The van der Waals surface area contributed by atoms with Gasteiger partial charge >= 0.3 is 0 Å². The van der Waals surface area contributed by atoms with Gasteiger partial charge in [0.15, 0.2) is 0 Å². The summed E-state index contributed by atoms with van der Waals surface area (Å²) in [5.41, 5.74) is 0.871. The van der Waals surface area contributed by atoms with Crippen molar-refractivity contribution in [2.75, 3.05) is 0 Å². The van der Waals surface area contributed by atoms with E-state index in [2.05, 4.69) is 15.9 Å². The van der Waals surface area contributed by atoms with Crippen LogP contribution in [0.1, 0.15) is 19.4 Å². The summed E-state index contributed by atoms with van der Waals surface area (Å²) < 4.78 is 6.37. The Labute approximate surface area is 86.7 Å². The highest BCUT2D eigenvalue weighted by Gasteiger charge is 2.02. The maximum Gasteiger partial charge on any atom is 0.120 e. The summed E-state index contributed by atoms with van der Waals surface area (Å²) in [5.74, 6) is 0.819. The first-order valence-electron chi connectivity index (χ1n) is 4.19. The first-order chi connectivity index (χ1) is 6.13. The van der Waals surface area contributed by atoms with Crippen LogP contribution in [0.2, 0.25) is 0 Å². The smallest absolute Gasteiger partial charge is 0.120 e. The Bertz CT molecular complexity index is 284. The van der Waals surface area contributed by atoms with E-state index < -0.39 is 0 Å². The number of hydrogen-bond donors (Lipinski definition) is 1. The molecule has 0 heterocycles. The van der Waals surface area contributed by atoms with Crippen LogP contribution in [0.3, 0.4) is 0 Å². The van der Waals surface area contributed by atoms with Gasteiger partial charge in [0, 0.05) is 4.47 Å². The van der Waals surface area contributed by atoms with Gasteiger partial charge in [-0.05, 0) is 31.5 Å².